The number of aliphatic carboxylic acids is 1. The van der Waals surface area contributed by atoms with Crippen LogP contribution in [0.1, 0.15) is 120 Å². The monoisotopic (exact) mass is 751 g/mol. The first kappa shape index (κ1) is 41.3. The van der Waals surface area contributed by atoms with E-state index in [0.717, 1.165) is 38.5 Å². The van der Waals surface area contributed by atoms with Crippen molar-refractivity contribution in [3.63, 3.8) is 0 Å². The van der Waals surface area contributed by atoms with Crippen LogP contribution in [-0.2, 0) is 43.4 Å². The van der Waals surface area contributed by atoms with Gasteiger partial charge in [0.05, 0.1) is 38.4 Å². The summed E-state index contributed by atoms with van der Waals surface area (Å²) in [6.45, 7) is 18.7. The van der Waals surface area contributed by atoms with E-state index in [-0.39, 0.29) is 83.6 Å². The van der Waals surface area contributed by atoms with Gasteiger partial charge in [-0.3, -0.25) is 14.4 Å². The standard InChI is InChI=1S/C40H65NO10S/c1-9-32(43)51-23-22-49-19-18-48-20-21-50-26-52(46,47)41-31-11-12-38(6)30(35(31,2)3)10-13-40(8)33(38)29(42)24-27-28-25-37(5,34(44)45)15-14-36(28,4)16-17-39(27,40)7/h24,28,30-31,33,41H,9-23,25-26H2,1-8H3,(H,44,45)/t28-,30-,31-,33+,36+,37-,38-,39+,40+/m0/s1. The number of hydrogen-bond acceptors (Lipinski definition) is 9. The van der Waals surface area contributed by atoms with E-state index in [1.165, 1.54) is 5.57 Å². The molecule has 0 unspecified atom stereocenters. The lowest BCUT2D eigenvalue weighted by Crippen LogP contribution is -2.67. The van der Waals surface area contributed by atoms with E-state index in [9.17, 15) is 27.9 Å². The van der Waals surface area contributed by atoms with Crippen LogP contribution in [0.2, 0.25) is 0 Å². The Morgan fingerprint density at radius 3 is 2.10 bits per heavy atom. The molecule has 5 aliphatic rings. The molecule has 0 aromatic heterocycles. The maximum atomic E-state index is 14.6. The van der Waals surface area contributed by atoms with Crippen molar-refractivity contribution >= 4 is 27.7 Å². The van der Waals surface area contributed by atoms with E-state index in [2.05, 4.69) is 46.3 Å². The quantitative estimate of drug-likeness (QED) is 0.144. The molecule has 2 N–H and O–H groups in total. The van der Waals surface area contributed by atoms with Crippen molar-refractivity contribution in [2.45, 2.75) is 126 Å². The summed E-state index contributed by atoms with van der Waals surface area (Å²) in [5, 5.41) is 10.2. The van der Waals surface area contributed by atoms with Gasteiger partial charge in [-0.2, -0.15) is 0 Å². The molecule has 0 spiro atoms. The number of carbonyl (C=O) groups is 3. The number of sulfonamides is 1. The molecule has 0 bridgehead atoms. The predicted octanol–water partition coefficient (Wildman–Crippen LogP) is 6.30. The van der Waals surface area contributed by atoms with Gasteiger partial charge in [-0.1, -0.05) is 54.0 Å². The topological polar surface area (TPSA) is 155 Å². The SMILES string of the molecule is CCC(=O)OCCOCCOCCOCS(=O)(=O)N[C@H]1CC[C@]2(C)[C@H]3C(=O)C=C4[C@@H]5C[C@@](C)(C(=O)O)CC[C@]5(C)CC[C@@]4(C)[C@]3(C)CC[C@H]2C1(C)C. The molecule has 4 fully saturated rings. The molecular weight excluding hydrogens is 687 g/mol. The summed E-state index contributed by atoms with van der Waals surface area (Å²) in [6, 6.07) is -0.291. The Morgan fingerprint density at radius 2 is 1.46 bits per heavy atom. The lowest BCUT2D eigenvalue weighted by atomic mass is 9.33. The molecule has 296 valence electrons. The molecule has 52 heavy (non-hydrogen) atoms. The van der Waals surface area contributed by atoms with Crippen LogP contribution in [0.5, 0.6) is 0 Å². The van der Waals surface area contributed by atoms with Crippen molar-refractivity contribution in [1.29, 1.82) is 0 Å². The van der Waals surface area contributed by atoms with Gasteiger partial charge in [0.1, 0.15) is 6.61 Å². The van der Waals surface area contributed by atoms with Crippen LogP contribution in [0.25, 0.3) is 0 Å². The highest BCUT2D eigenvalue weighted by Crippen LogP contribution is 2.75. The van der Waals surface area contributed by atoms with Crippen LogP contribution >= 0.6 is 0 Å². The summed E-state index contributed by atoms with van der Waals surface area (Å²) in [5.74, 6) is -1.26. The van der Waals surface area contributed by atoms with Gasteiger partial charge in [0.25, 0.3) is 0 Å². The van der Waals surface area contributed by atoms with E-state index in [1.807, 2.05) is 13.0 Å². The second kappa shape index (κ2) is 15.0. The van der Waals surface area contributed by atoms with Gasteiger partial charge in [-0.25, -0.2) is 13.1 Å². The van der Waals surface area contributed by atoms with E-state index in [1.54, 1.807) is 6.92 Å². The zero-order valence-electron chi connectivity index (χ0n) is 32.9. The molecular formula is C40H65NO10S. The highest BCUT2D eigenvalue weighted by atomic mass is 32.2. The lowest BCUT2D eigenvalue weighted by molar-refractivity contribution is -0.188. The number of ether oxygens (including phenoxy) is 4. The van der Waals surface area contributed by atoms with Crippen LogP contribution in [-0.4, -0.2) is 82.9 Å². The van der Waals surface area contributed by atoms with Crippen LogP contribution in [0.3, 0.4) is 0 Å². The molecule has 0 saturated heterocycles. The second-order valence-corrected chi connectivity index (χ2v) is 20.2. The smallest absolute Gasteiger partial charge is 0.309 e. The molecule has 0 radical (unpaired) electrons. The Morgan fingerprint density at radius 1 is 0.846 bits per heavy atom. The fourth-order valence-corrected chi connectivity index (χ4v) is 13.0. The maximum absolute atomic E-state index is 14.6. The number of nitrogens with one attached hydrogen (secondary N) is 1. The Balaban J connectivity index is 1.20. The number of carbonyl (C=O) groups excluding carboxylic acids is 2. The number of hydrogen-bond donors (Lipinski definition) is 2. The van der Waals surface area contributed by atoms with Crippen LogP contribution < -0.4 is 4.72 Å². The van der Waals surface area contributed by atoms with Crippen molar-refractivity contribution < 1.29 is 46.9 Å². The van der Waals surface area contributed by atoms with E-state index in [4.69, 9.17) is 18.9 Å². The van der Waals surface area contributed by atoms with Crippen LogP contribution in [0.15, 0.2) is 11.6 Å². The first-order valence-electron chi connectivity index (χ1n) is 19.6. The zero-order valence-corrected chi connectivity index (χ0v) is 33.8. The van der Waals surface area contributed by atoms with Crippen molar-refractivity contribution in [1.82, 2.24) is 4.72 Å². The normalized spacial score (nSPS) is 39.7. The molecule has 0 aliphatic heterocycles. The molecule has 0 aromatic rings. The van der Waals surface area contributed by atoms with Crippen molar-refractivity contribution in [3.05, 3.63) is 11.6 Å². The zero-order chi connectivity index (χ0) is 38.4. The summed E-state index contributed by atoms with van der Waals surface area (Å²) in [6.07, 6.45) is 9.60. The fraction of sp³-hybridized carbons (Fsp3) is 0.875. The van der Waals surface area contributed by atoms with E-state index in [0.29, 0.717) is 38.9 Å². The van der Waals surface area contributed by atoms with E-state index < -0.39 is 32.8 Å². The number of esters is 1. The van der Waals surface area contributed by atoms with Crippen molar-refractivity contribution in [2.75, 3.05) is 45.6 Å². The molecule has 9 atom stereocenters. The van der Waals surface area contributed by atoms with Gasteiger partial charge in [0.15, 0.2) is 11.7 Å². The third-order valence-electron chi connectivity index (χ3n) is 15.2. The highest BCUT2D eigenvalue weighted by Gasteiger charge is 2.70. The lowest BCUT2D eigenvalue weighted by Gasteiger charge is -2.70. The fourth-order valence-electron chi connectivity index (χ4n) is 11.8. The maximum Gasteiger partial charge on any atom is 0.309 e. The van der Waals surface area contributed by atoms with Gasteiger partial charge in [-0.05, 0) is 110 Å². The Bertz CT molecular complexity index is 1510. The summed E-state index contributed by atoms with van der Waals surface area (Å²) in [4.78, 5) is 38.2. The minimum absolute atomic E-state index is 0.00164. The molecule has 11 nitrogen and oxygen atoms in total. The third kappa shape index (κ3) is 7.41. The average Bonchev–Trinajstić information content (AvgIpc) is 3.06. The molecule has 0 amide bonds. The number of fused-ring (bicyclic) bond motifs is 7. The van der Waals surface area contributed by atoms with Crippen molar-refractivity contribution in [3.8, 4) is 0 Å². The summed E-state index contributed by atoms with van der Waals surface area (Å²) in [7, 11) is -3.74. The first-order valence-corrected chi connectivity index (χ1v) is 21.2. The van der Waals surface area contributed by atoms with Crippen LogP contribution in [0.4, 0.5) is 0 Å². The van der Waals surface area contributed by atoms with Gasteiger partial charge in [-0.15, -0.1) is 0 Å². The Kier molecular flexibility index (Phi) is 11.9. The summed E-state index contributed by atoms with van der Waals surface area (Å²) in [5.41, 5.74) is -0.768. The molecule has 4 saturated carbocycles. The first-order chi connectivity index (χ1) is 24.2. The minimum atomic E-state index is -3.74. The van der Waals surface area contributed by atoms with Gasteiger partial charge in [0.2, 0.25) is 10.0 Å². The predicted molar refractivity (Wildman–Crippen MR) is 197 cm³/mol. The number of allylic oxidation sites excluding steroid dienone is 2. The molecule has 0 aromatic carbocycles. The minimum Gasteiger partial charge on any atom is -0.481 e. The second-order valence-electron chi connectivity index (χ2n) is 18.5. The van der Waals surface area contributed by atoms with Gasteiger partial charge in [0, 0.05) is 18.4 Å². The third-order valence-corrected chi connectivity index (χ3v) is 16.3. The molecule has 5 aliphatic carbocycles. The highest BCUT2D eigenvalue weighted by molar-refractivity contribution is 7.89. The number of carboxylic acid groups (broad SMARTS) is 1. The van der Waals surface area contributed by atoms with Crippen molar-refractivity contribution in [2.24, 2.45) is 50.2 Å². The van der Waals surface area contributed by atoms with Gasteiger partial charge < -0.3 is 24.1 Å². The van der Waals surface area contributed by atoms with E-state index >= 15 is 0 Å². The summed E-state index contributed by atoms with van der Waals surface area (Å²) >= 11 is 0. The molecule has 0 heterocycles. The Labute approximate surface area is 311 Å². The van der Waals surface area contributed by atoms with Gasteiger partial charge >= 0.3 is 11.9 Å². The summed E-state index contributed by atoms with van der Waals surface area (Å²) < 4.78 is 50.8. The molecule has 12 heteroatoms. The van der Waals surface area contributed by atoms with Crippen LogP contribution in [0, 0.1) is 50.2 Å². The average molecular weight is 752 g/mol. The Hall–Kier alpha value is -1.86. The number of rotatable bonds is 15. The number of carboxylic acids is 1. The number of ketones is 1. The molecule has 5 rings (SSSR count). The largest absolute Gasteiger partial charge is 0.481 e.